The van der Waals surface area contributed by atoms with Crippen LogP contribution in [0.2, 0.25) is 0 Å². The maximum atomic E-state index is 12.6. The van der Waals surface area contributed by atoms with Crippen molar-refractivity contribution in [2.45, 2.75) is 18.4 Å². The Bertz CT molecular complexity index is 1030. The van der Waals surface area contributed by atoms with E-state index in [0.29, 0.717) is 17.0 Å². The minimum absolute atomic E-state index is 0.0436. The lowest BCUT2D eigenvalue weighted by atomic mass is 10.3. The molecule has 23 heavy (non-hydrogen) atoms. The summed E-state index contributed by atoms with van der Waals surface area (Å²) in [4.78, 5) is 11.5. The Balaban J connectivity index is 1.96. The number of hydrogen-bond acceptors (Lipinski definition) is 6. The minimum Gasteiger partial charge on any atom is -0.408 e. The highest BCUT2D eigenvalue weighted by atomic mass is 32.2. The van der Waals surface area contributed by atoms with Gasteiger partial charge in [-0.05, 0) is 19.1 Å². The van der Waals surface area contributed by atoms with Crippen molar-refractivity contribution in [1.29, 1.82) is 0 Å². The smallest absolute Gasteiger partial charge is 0.408 e. The number of oxazole rings is 1. The van der Waals surface area contributed by atoms with Crippen molar-refractivity contribution in [3.8, 4) is 0 Å². The molecule has 0 unspecified atom stereocenters. The van der Waals surface area contributed by atoms with Crippen LogP contribution in [0, 0.1) is 6.92 Å². The number of fused-ring (bicyclic) bond motifs is 1. The van der Waals surface area contributed by atoms with Crippen LogP contribution in [0.1, 0.15) is 11.5 Å². The first-order valence-electron chi connectivity index (χ1n) is 6.77. The Kier molecular flexibility index (Phi) is 3.61. The molecule has 0 atom stereocenters. The van der Waals surface area contributed by atoms with Crippen LogP contribution >= 0.6 is 0 Å². The van der Waals surface area contributed by atoms with Gasteiger partial charge in [0.1, 0.15) is 5.76 Å². The number of hydrogen-bond donors (Lipinski definition) is 0. The van der Waals surface area contributed by atoms with Gasteiger partial charge in [-0.1, -0.05) is 5.16 Å². The second-order valence-electron chi connectivity index (χ2n) is 5.25. The van der Waals surface area contributed by atoms with Crippen molar-refractivity contribution in [2.75, 3.05) is 7.05 Å². The Hall–Kier alpha value is -2.39. The zero-order chi connectivity index (χ0) is 16.8. The third kappa shape index (κ3) is 2.68. The fraction of sp³-hybridized carbons (Fsp3) is 0.286. The van der Waals surface area contributed by atoms with Gasteiger partial charge in [-0.25, -0.2) is 13.2 Å². The van der Waals surface area contributed by atoms with Gasteiger partial charge < -0.3 is 8.94 Å². The van der Waals surface area contributed by atoms with Crippen molar-refractivity contribution in [3.05, 3.63) is 46.3 Å². The first-order valence-corrected chi connectivity index (χ1v) is 8.21. The molecular weight excluding hydrogens is 322 g/mol. The first kappa shape index (κ1) is 15.5. The molecule has 0 radical (unpaired) electrons. The lowest BCUT2D eigenvalue weighted by Gasteiger charge is -2.15. The maximum Gasteiger partial charge on any atom is 0.419 e. The normalized spacial score (nSPS) is 12.3. The lowest BCUT2D eigenvalue weighted by Crippen LogP contribution is -2.26. The Morgan fingerprint density at radius 3 is 2.70 bits per heavy atom. The average molecular weight is 337 g/mol. The summed E-state index contributed by atoms with van der Waals surface area (Å²) in [6.07, 6.45) is 0. The molecule has 0 spiro atoms. The molecule has 8 nitrogen and oxygen atoms in total. The van der Waals surface area contributed by atoms with Crippen LogP contribution in [0.3, 0.4) is 0 Å². The van der Waals surface area contributed by atoms with E-state index in [1.165, 1.54) is 23.7 Å². The van der Waals surface area contributed by atoms with Crippen LogP contribution in [-0.2, 0) is 23.6 Å². The molecule has 2 aromatic heterocycles. The Morgan fingerprint density at radius 2 is 2.04 bits per heavy atom. The van der Waals surface area contributed by atoms with Gasteiger partial charge in [0.2, 0.25) is 10.0 Å². The molecule has 2 heterocycles. The number of benzene rings is 1. The number of rotatable bonds is 4. The predicted octanol–water partition coefficient (Wildman–Crippen LogP) is 1.25. The molecule has 122 valence electrons. The third-order valence-electron chi connectivity index (χ3n) is 3.53. The molecule has 9 heteroatoms. The SMILES string of the molecule is Cc1cc(CN(C)S(=O)(=O)c2ccc3c(c2)oc(=O)n3C)no1. The van der Waals surface area contributed by atoms with Crippen LogP contribution in [-0.4, -0.2) is 29.5 Å². The zero-order valence-electron chi connectivity index (χ0n) is 12.8. The molecule has 3 aromatic rings. The summed E-state index contributed by atoms with van der Waals surface area (Å²) in [5.74, 6) is 0.0688. The molecular formula is C14H15N3O5S. The van der Waals surface area contributed by atoms with E-state index in [-0.39, 0.29) is 17.0 Å². The molecule has 0 saturated heterocycles. The molecule has 0 aliphatic carbocycles. The van der Waals surface area contributed by atoms with E-state index >= 15 is 0 Å². The number of aromatic nitrogens is 2. The van der Waals surface area contributed by atoms with Crippen molar-refractivity contribution in [2.24, 2.45) is 7.05 Å². The van der Waals surface area contributed by atoms with Gasteiger partial charge in [-0.2, -0.15) is 4.31 Å². The Morgan fingerprint density at radius 1 is 1.30 bits per heavy atom. The molecule has 0 fully saturated rings. The molecule has 0 bridgehead atoms. The quantitative estimate of drug-likeness (QED) is 0.710. The van der Waals surface area contributed by atoms with Crippen LogP contribution in [0.5, 0.6) is 0 Å². The van der Waals surface area contributed by atoms with Crippen molar-refractivity contribution in [3.63, 3.8) is 0 Å². The van der Waals surface area contributed by atoms with E-state index in [1.54, 1.807) is 26.1 Å². The summed E-state index contributed by atoms with van der Waals surface area (Å²) in [6.45, 7) is 1.81. The summed E-state index contributed by atoms with van der Waals surface area (Å²) in [7, 11) is -0.737. The average Bonchev–Trinajstić information content (AvgIpc) is 3.02. The van der Waals surface area contributed by atoms with Gasteiger partial charge in [-0.15, -0.1) is 0 Å². The summed E-state index contributed by atoms with van der Waals surface area (Å²) in [6, 6.07) is 6.00. The van der Waals surface area contributed by atoms with E-state index in [1.807, 2.05) is 0 Å². The van der Waals surface area contributed by atoms with Gasteiger partial charge in [0, 0.05) is 26.2 Å². The highest BCUT2D eigenvalue weighted by molar-refractivity contribution is 7.89. The van der Waals surface area contributed by atoms with Gasteiger partial charge in [-0.3, -0.25) is 4.57 Å². The van der Waals surface area contributed by atoms with Crippen LogP contribution in [0.4, 0.5) is 0 Å². The topological polar surface area (TPSA) is 98.6 Å². The molecule has 0 amide bonds. The third-order valence-corrected chi connectivity index (χ3v) is 5.33. The van der Waals surface area contributed by atoms with Crippen LogP contribution in [0.25, 0.3) is 11.1 Å². The molecule has 0 saturated carbocycles. The van der Waals surface area contributed by atoms with E-state index < -0.39 is 15.8 Å². The fourth-order valence-electron chi connectivity index (χ4n) is 2.26. The fourth-order valence-corrected chi connectivity index (χ4v) is 3.42. The highest BCUT2D eigenvalue weighted by Crippen LogP contribution is 2.21. The highest BCUT2D eigenvalue weighted by Gasteiger charge is 2.23. The van der Waals surface area contributed by atoms with Crippen LogP contribution in [0.15, 0.2) is 42.9 Å². The number of nitrogens with zero attached hydrogens (tertiary/aromatic N) is 3. The summed E-state index contributed by atoms with van der Waals surface area (Å²) in [5, 5.41) is 3.78. The van der Waals surface area contributed by atoms with E-state index in [0.717, 1.165) is 4.31 Å². The second kappa shape index (κ2) is 5.36. The van der Waals surface area contributed by atoms with Crippen molar-refractivity contribution < 1.29 is 17.4 Å². The monoisotopic (exact) mass is 337 g/mol. The van der Waals surface area contributed by atoms with Crippen molar-refractivity contribution >= 4 is 21.1 Å². The zero-order valence-corrected chi connectivity index (χ0v) is 13.6. The minimum atomic E-state index is -3.74. The lowest BCUT2D eigenvalue weighted by molar-refractivity contribution is 0.378. The maximum absolute atomic E-state index is 12.6. The van der Waals surface area contributed by atoms with Gasteiger partial charge >= 0.3 is 5.76 Å². The number of aryl methyl sites for hydroxylation is 2. The standard InChI is InChI=1S/C14H15N3O5S/c1-9-6-10(15-22-9)8-16(2)23(19,20)11-4-5-12-13(7-11)21-14(18)17(12)3/h4-7H,8H2,1-3H3. The Labute approximate surface area is 132 Å². The summed E-state index contributed by atoms with van der Waals surface area (Å²) >= 11 is 0. The predicted molar refractivity (Wildman–Crippen MR) is 81.3 cm³/mol. The first-order chi connectivity index (χ1) is 10.8. The van der Waals surface area contributed by atoms with Crippen LogP contribution < -0.4 is 5.76 Å². The summed E-state index contributed by atoms with van der Waals surface area (Å²) < 4.78 is 37.7. The summed E-state index contributed by atoms with van der Waals surface area (Å²) in [5.41, 5.74) is 1.27. The molecule has 3 rings (SSSR count). The molecule has 0 N–H and O–H groups in total. The van der Waals surface area contributed by atoms with Gasteiger partial charge in [0.25, 0.3) is 0 Å². The number of sulfonamides is 1. The molecule has 1 aromatic carbocycles. The molecule has 0 aliphatic heterocycles. The van der Waals surface area contributed by atoms with E-state index in [2.05, 4.69) is 5.16 Å². The largest absolute Gasteiger partial charge is 0.419 e. The van der Waals surface area contributed by atoms with E-state index in [9.17, 15) is 13.2 Å². The van der Waals surface area contributed by atoms with Crippen molar-refractivity contribution in [1.82, 2.24) is 14.0 Å². The second-order valence-corrected chi connectivity index (χ2v) is 7.29. The van der Waals surface area contributed by atoms with Gasteiger partial charge in [0.15, 0.2) is 5.58 Å². The van der Waals surface area contributed by atoms with E-state index in [4.69, 9.17) is 8.94 Å². The van der Waals surface area contributed by atoms with Gasteiger partial charge in [0.05, 0.1) is 22.7 Å². The molecule has 0 aliphatic rings.